The number of thioether (sulfide) groups is 1. The standard InChI is InChI=1S/C16H17BrN2OS/c1-18-15-12-9-11(20-2)6-5-10(12)8-14(15)21-16-13(17)4-3-7-19-16/h3-7,9,14-15,18H,8H2,1-2H3. The van der Waals surface area contributed by atoms with E-state index >= 15 is 0 Å². The van der Waals surface area contributed by atoms with Gasteiger partial charge in [0, 0.05) is 22.0 Å². The van der Waals surface area contributed by atoms with Crippen LogP contribution in [-0.2, 0) is 6.42 Å². The normalized spacial score (nSPS) is 20.3. The average Bonchev–Trinajstić information content (AvgIpc) is 2.85. The summed E-state index contributed by atoms with van der Waals surface area (Å²) in [5.41, 5.74) is 2.72. The van der Waals surface area contributed by atoms with Crippen LogP contribution in [0.4, 0.5) is 0 Å². The lowest BCUT2D eigenvalue weighted by Crippen LogP contribution is -2.23. The number of benzene rings is 1. The second-order valence-electron chi connectivity index (χ2n) is 4.98. The first-order valence-corrected chi connectivity index (χ1v) is 8.51. The molecule has 1 N–H and O–H groups in total. The summed E-state index contributed by atoms with van der Waals surface area (Å²) < 4.78 is 6.40. The van der Waals surface area contributed by atoms with Gasteiger partial charge in [-0.2, -0.15) is 0 Å². The van der Waals surface area contributed by atoms with E-state index in [4.69, 9.17) is 4.74 Å². The summed E-state index contributed by atoms with van der Waals surface area (Å²) in [4.78, 5) is 4.47. The van der Waals surface area contributed by atoms with E-state index in [-0.39, 0.29) is 0 Å². The molecule has 1 aliphatic carbocycles. The number of hydrogen-bond acceptors (Lipinski definition) is 4. The number of hydrogen-bond donors (Lipinski definition) is 1. The Morgan fingerprint density at radius 1 is 1.38 bits per heavy atom. The highest BCUT2D eigenvalue weighted by atomic mass is 79.9. The molecule has 5 heteroatoms. The second-order valence-corrected chi connectivity index (χ2v) is 7.06. The molecule has 21 heavy (non-hydrogen) atoms. The third-order valence-electron chi connectivity index (χ3n) is 3.78. The molecule has 1 aromatic carbocycles. The van der Waals surface area contributed by atoms with Gasteiger partial charge in [-0.15, -0.1) is 0 Å². The molecule has 2 unspecified atom stereocenters. The number of nitrogens with one attached hydrogen (secondary N) is 1. The van der Waals surface area contributed by atoms with Crippen LogP contribution in [0.25, 0.3) is 0 Å². The Labute approximate surface area is 137 Å². The van der Waals surface area contributed by atoms with Crippen molar-refractivity contribution in [1.29, 1.82) is 0 Å². The van der Waals surface area contributed by atoms with E-state index in [2.05, 4.69) is 38.4 Å². The maximum Gasteiger partial charge on any atom is 0.119 e. The van der Waals surface area contributed by atoms with E-state index in [0.29, 0.717) is 11.3 Å². The predicted molar refractivity (Wildman–Crippen MR) is 90.1 cm³/mol. The van der Waals surface area contributed by atoms with Gasteiger partial charge in [-0.05, 0) is 64.8 Å². The number of fused-ring (bicyclic) bond motifs is 1. The highest BCUT2D eigenvalue weighted by Gasteiger charge is 2.33. The van der Waals surface area contributed by atoms with Gasteiger partial charge in [0.05, 0.1) is 7.11 Å². The zero-order valence-electron chi connectivity index (χ0n) is 12.0. The van der Waals surface area contributed by atoms with Gasteiger partial charge in [0.1, 0.15) is 10.8 Å². The molecule has 0 spiro atoms. The zero-order chi connectivity index (χ0) is 14.8. The Hall–Kier alpha value is -1.04. The average molecular weight is 365 g/mol. The molecule has 0 bridgehead atoms. The van der Waals surface area contributed by atoms with Gasteiger partial charge in [-0.3, -0.25) is 0 Å². The van der Waals surface area contributed by atoms with Crippen molar-refractivity contribution in [2.75, 3.05) is 14.2 Å². The molecule has 0 saturated heterocycles. The predicted octanol–water partition coefficient (Wildman–Crippen LogP) is 3.83. The molecule has 3 rings (SSSR count). The molecule has 0 fully saturated rings. The number of ether oxygens (including phenoxy) is 1. The number of rotatable bonds is 4. The molecule has 1 aliphatic rings. The van der Waals surface area contributed by atoms with Crippen molar-refractivity contribution in [3.8, 4) is 5.75 Å². The lowest BCUT2D eigenvalue weighted by atomic mass is 10.1. The van der Waals surface area contributed by atoms with E-state index in [1.807, 2.05) is 43.2 Å². The van der Waals surface area contributed by atoms with E-state index in [0.717, 1.165) is 21.7 Å². The van der Waals surface area contributed by atoms with Crippen molar-refractivity contribution >= 4 is 27.7 Å². The lowest BCUT2D eigenvalue weighted by Gasteiger charge is -2.19. The number of aromatic nitrogens is 1. The van der Waals surface area contributed by atoms with Gasteiger partial charge in [0.15, 0.2) is 0 Å². The van der Waals surface area contributed by atoms with Crippen molar-refractivity contribution < 1.29 is 4.74 Å². The van der Waals surface area contributed by atoms with Crippen molar-refractivity contribution in [2.45, 2.75) is 22.7 Å². The molecule has 2 atom stereocenters. The maximum absolute atomic E-state index is 5.35. The molecule has 2 aromatic rings. The molecular weight excluding hydrogens is 348 g/mol. The highest BCUT2D eigenvalue weighted by molar-refractivity contribution is 9.10. The molecule has 3 nitrogen and oxygen atoms in total. The zero-order valence-corrected chi connectivity index (χ0v) is 14.4. The van der Waals surface area contributed by atoms with Gasteiger partial charge in [0.2, 0.25) is 0 Å². The van der Waals surface area contributed by atoms with E-state index in [9.17, 15) is 0 Å². The number of methoxy groups -OCH3 is 1. The van der Waals surface area contributed by atoms with Gasteiger partial charge >= 0.3 is 0 Å². The fourth-order valence-electron chi connectivity index (χ4n) is 2.76. The van der Waals surface area contributed by atoms with E-state index in [1.165, 1.54) is 11.1 Å². The molecule has 0 amide bonds. The van der Waals surface area contributed by atoms with Crippen LogP contribution >= 0.6 is 27.7 Å². The summed E-state index contributed by atoms with van der Waals surface area (Å²) in [6.45, 7) is 0. The van der Waals surface area contributed by atoms with Crippen molar-refractivity contribution in [2.24, 2.45) is 0 Å². The first-order chi connectivity index (χ1) is 10.2. The van der Waals surface area contributed by atoms with Crippen LogP contribution in [-0.4, -0.2) is 24.4 Å². The summed E-state index contributed by atoms with van der Waals surface area (Å²) in [7, 11) is 3.72. The molecular formula is C16H17BrN2OS. The minimum absolute atomic E-state index is 0.314. The van der Waals surface area contributed by atoms with Crippen LogP contribution in [0, 0.1) is 0 Å². The Kier molecular flexibility index (Phi) is 4.52. The molecule has 1 heterocycles. The number of nitrogens with zero attached hydrogens (tertiary/aromatic N) is 1. The minimum Gasteiger partial charge on any atom is -0.497 e. The quantitative estimate of drug-likeness (QED) is 0.893. The summed E-state index contributed by atoms with van der Waals surface area (Å²) in [6, 6.07) is 10.6. The fourth-order valence-corrected chi connectivity index (χ4v) is 4.57. The SMILES string of the molecule is CNC1c2cc(OC)ccc2CC1Sc1ncccc1Br. The summed E-state index contributed by atoms with van der Waals surface area (Å²) in [5.74, 6) is 0.915. The lowest BCUT2D eigenvalue weighted by molar-refractivity contribution is 0.413. The molecule has 0 aliphatic heterocycles. The topological polar surface area (TPSA) is 34.1 Å². The third kappa shape index (κ3) is 2.96. The number of pyridine rings is 1. The summed E-state index contributed by atoms with van der Waals surface area (Å²) in [6.07, 6.45) is 2.88. The van der Waals surface area contributed by atoms with E-state index in [1.54, 1.807) is 7.11 Å². The van der Waals surface area contributed by atoms with Crippen LogP contribution in [0.5, 0.6) is 5.75 Å². The van der Waals surface area contributed by atoms with Gasteiger partial charge < -0.3 is 10.1 Å². The Morgan fingerprint density at radius 2 is 2.24 bits per heavy atom. The Morgan fingerprint density at radius 3 is 2.95 bits per heavy atom. The van der Waals surface area contributed by atoms with Crippen LogP contribution in [0.3, 0.4) is 0 Å². The molecule has 110 valence electrons. The summed E-state index contributed by atoms with van der Waals surface area (Å²) in [5, 5.41) is 4.92. The molecule has 0 saturated carbocycles. The maximum atomic E-state index is 5.35. The fraction of sp³-hybridized carbons (Fsp3) is 0.312. The van der Waals surface area contributed by atoms with E-state index < -0.39 is 0 Å². The van der Waals surface area contributed by atoms with Crippen LogP contribution < -0.4 is 10.1 Å². The van der Waals surface area contributed by atoms with Gasteiger partial charge in [-0.25, -0.2) is 4.98 Å². The summed E-state index contributed by atoms with van der Waals surface area (Å²) >= 11 is 5.40. The molecule has 0 radical (unpaired) electrons. The highest BCUT2D eigenvalue weighted by Crippen LogP contribution is 2.43. The van der Waals surface area contributed by atoms with Crippen LogP contribution in [0.1, 0.15) is 17.2 Å². The largest absolute Gasteiger partial charge is 0.497 e. The first-order valence-electron chi connectivity index (χ1n) is 6.84. The van der Waals surface area contributed by atoms with Gasteiger partial charge in [0.25, 0.3) is 0 Å². The Bertz CT molecular complexity index is 650. The third-order valence-corrected chi connectivity index (χ3v) is 5.97. The number of halogens is 1. The smallest absolute Gasteiger partial charge is 0.119 e. The van der Waals surface area contributed by atoms with Crippen molar-refractivity contribution in [3.63, 3.8) is 0 Å². The van der Waals surface area contributed by atoms with Crippen molar-refractivity contribution in [3.05, 3.63) is 52.1 Å². The molecule has 1 aromatic heterocycles. The van der Waals surface area contributed by atoms with Crippen LogP contribution in [0.2, 0.25) is 0 Å². The van der Waals surface area contributed by atoms with Crippen molar-refractivity contribution in [1.82, 2.24) is 10.3 Å². The van der Waals surface area contributed by atoms with Gasteiger partial charge in [-0.1, -0.05) is 17.8 Å². The Balaban J connectivity index is 1.87. The first kappa shape index (κ1) is 14.9. The monoisotopic (exact) mass is 364 g/mol. The van der Waals surface area contributed by atoms with Crippen LogP contribution in [0.15, 0.2) is 46.0 Å². The minimum atomic E-state index is 0.314. The second kappa shape index (κ2) is 6.38.